The van der Waals surface area contributed by atoms with Crippen LogP contribution in [0, 0.1) is 5.82 Å². The quantitative estimate of drug-likeness (QED) is 0.769. The summed E-state index contributed by atoms with van der Waals surface area (Å²) in [6, 6.07) is 3.81. The maximum absolute atomic E-state index is 13.1. The first-order valence-electron chi connectivity index (χ1n) is 3.39. The zero-order chi connectivity index (χ0) is 10.0. The highest BCUT2D eigenvalue weighted by atomic mass is 35.5. The fourth-order valence-corrected chi connectivity index (χ4v) is 1.05. The van der Waals surface area contributed by atoms with Crippen LogP contribution >= 0.6 is 11.6 Å². The highest BCUT2D eigenvalue weighted by Crippen LogP contribution is 2.23. The zero-order valence-electron chi connectivity index (χ0n) is 6.37. The molecular formula is C8H6ClFO3. The van der Waals surface area contributed by atoms with Crippen LogP contribution in [0.4, 0.5) is 4.39 Å². The molecule has 0 fully saturated rings. The van der Waals surface area contributed by atoms with E-state index in [1.54, 1.807) is 0 Å². The number of carbonyl (C=O) groups is 1. The van der Waals surface area contributed by atoms with Crippen LogP contribution in [-0.4, -0.2) is 16.2 Å². The summed E-state index contributed by atoms with van der Waals surface area (Å²) in [5.74, 6) is -2.42. The molecule has 0 aliphatic rings. The van der Waals surface area contributed by atoms with Crippen molar-refractivity contribution in [3.8, 4) is 0 Å². The Morgan fingerprint density at radius 1 is 1.54 bits per heavy atom. The van der Waals surface area contributed by atoms with E-state index in [2.05, 4.69) is 0 Å². The Morgan fingerprint density at radius 2 is 2.15 bits per heavy atom. The van der Waals surface area contributed by atoms with Crippen molar-refractivity contribution in [3.05, 3.63) is 34.6 Å². The Bertz CT molecular complexity index is 340. The molecule has 0 aliphatic heterocycles. The van der Waals surface area contributed by atoms with E-state index in [1.807, 2.05) is 0 Å². The molecule has 0 aromatic heterocycles. The van der Waals surface area contributed by atoms with E-state index >= 15 is 0 Å². The molecule has 5 heteroatoms. The summed E-state index contributed by atoms with van der Waals surface area (Å²) in [6.45, 7) is 0. The first kappa shape index (κ1) is 9.95. The monoisotopic (exact) mass is 204 g/mol. The van der Waals surface area contributed by atoms with E-state index in [0.717, 1.165) is 0 Å². The first-order valence-corrected chi connectivity index (χ1v) is 3.76. The average molecular weight is 205 g/mol. The molecule has 0 saturated carbocycles. The van der Waals surface area contributed by atoms with Gasteiger partial charge in [0.2, 0.25) is 0 Å². The van der Waals surface area contributed by atoms with Gasteiger partial charge in [-0.15, -0.1) is 0 Å². The summed E-state index contributed by atoms with van der Waals surface area (Å²) < 4.78 is 13.1. The normalized spacial score (nSPS) is 12.5. The van der Waals surface area contributed by atoms with Gasteiger partial charge in [-0.05, 0) is 6.07 Å². The van der Waals surface area contributed by atoms with E-state index in [4.69, 9.17) is 21.8 Å². The minimum Gasteiger partial charge on any atom is -0.479 e. The lowest BCUT2D eigenvalue weighted by Crippen LogP contribution is -2.12. The zero-order valence-corrected chi connectivity index (χ0v) is 7.12. The minimum absolute atomic E-state index is 0.210. The molecule has 0 spiro atoms. The topological polar surface area (TPSA) is 57.5 Å². The molecule has 1 unspecified atom stereocenters. The van der Waals surface area contributed by atoms with E-state index in [1.165, 1.54) is 18.2 Å². The molecule has 3 nitrogen and oxygen atoms in total. The van der Waals surface area contributed by atoms with Crippen molar-refractivity contribution in [2.45, 2.75) is 6.10 Å². The van der Waals surface area contributed by atoms with Crippen molar-refractivity contribution in [1.29, 1.82) is 0 Å². The molecule has 70 valence electrons. The predicted octanol–water partition coefficient (Wildman–Crippen LogP) is 1.60. The Hall–Kier alpha value is -1.13. The van der Waals surface area contributed by atoms with Crippen molar-refractivity contribution in [3.63, 3.8) is 0 Å². The Morgan fingerprint density at radius 3 is 2.69 bits per heavy atom. The largest absolute Gasteiger partial charge is 0.479 e. The van der Waals surface area contributed by atoms with Crippen LogP contribution < -0.4 is 0 Å². The molecular weight excluding hydrogens is 199 g/mol. The van der Waals surface area contributed by atoms with E-state index in [0.29, 0.717) is 0 Å². The molecule has 0 aliphatic carbocycles. The predicted molar refractivity (Wildman–Crippen MR) is 44.0 cm³/mol. The van der Waals surface area contributed by atoms with Gasteiger partial charge in [0, 0.05) is 5.56 Å². The SMILES string of the molecule is O=C(O)C(O)c1cccc(Cl)c1F. The van der Waals surface area contributed by atoms with E-state index < -0.39 is 17.9 Å². The number of carboxylic acids is 1. The number of aliphatic hydroxyl groups excluding tert-OH is 1. The number of halogens is 2. The van der Waals surface area contributed by atoms with Crippen LogP contribution in [0.5, 0.6) is 0 Å². The molecule has 0 amide bonds. The fraction of sp³-hybridized carbons (Fsp3) is 0.125. The maximum atomic E-state index is 13.1. The summed E-state index contributed by atoms with van der Waals surface area (Å²) in [5.41, 5.74) is -0.333. The molecule has 13 heavy (non-hydrogen) atoms. The van der Waals surface area contributed by atoms with Gasteiger partial charge in [-0.1, -0.05) is 23.7 Å². The lowest BCUT2D eigenvalue weighted by atomic mass is 10.1. The van der Waals surface area contributed by atoms with E-state index in [9.17, 15) is 9.18 Å². The van der Waals surface area contributed by atoms with Crippen LogP contribution in [0.25, 0.3) is 0 Å². The number of aliphatic hydroxyl groups is 1. The van der Waals surface area contributed by atoms with Crippen molar-refractivity contribution in [2.75, 3.05) is 0 Å². The summed E-state index contributed by atoms with van der Waals surface area (Å²) in [7, 11) is 0. The third-order valence-electron chi connectivity index (χ3n) is 1.51. The number of benzene rings is 1. The number of hydrogen-bond acceptors (Lipinski definition) is 2. The summed E-state index contributed by atoms with van der Waals surface area (Å²) in [6.07, 6.45) is -1.88. The molecule has 0 saturated heterocycles. The molecule has 1 aromatic carbocycles. The molecule has 2 N–H and O–H groups in total. The molecule has 1 rings (SSSR count). The van der Waals surface area contributed by atoms with Gasteiger partial charge in [0.1, 0.15) is 5.82 Å². The third-order valence-corrected chi connectivity index (χ3v) is 1.80. The number of carboxylic acid groups (broad SMARTS) is 1. The second-order valence-electron chi connectivity index (χ2n) is 2.38. The molecule has 0 radical (unpaired) electrons. The summed E-state index contributed by atoms with van der Waals surface area (Å²) in [5, 5.41) is 17.2. The molecule has 0 heterocycles. The Labute approximate surface area is 78.4 Å². The lowest BCUT2D eigenvalue weighted by molar-refractivity contribution is -0.147. The first-order chi connectivity index (χ1) is 6.04. The van der Waals surface area contributed by atoms with Crippen molar-refractivity contribution >= 4 is 17.6 Å². The van der Waals surface area contributed by atoms with Crippen molar-refractivity contribution < 1.29 is 19.4 Å². The third kappa shape index (κ3) is 1.96. The molecule has 0 bridgehead atoms. The second kappa shape index (κ2) is 3.72. The van der Waals surface area contributed by atoms with Crippen LogP contribution in [0.15, 0.2) is 18.2 Å². The van der Waals surface area contributed by atoms with Crippen LogP contribution in [0.2, 0.25) is 5.02 Å². The van der Waals surface area contributed by atoms with Crippen molar-refractivity contribution in [1.82, 2.24) is 0 Å². The number of rotatable bonds is 2. The standard InChI is InChI=1S/C8H6ClFO3/c9-5-3-1-2-4(6(5)10)7(11)8(12)13/h1-3,7,11H,(H,12,13). The average Bonchev–Trinajstić information content (AvgIpc) is 2.08. The van der Waals surface area contributed by atoms with Gasteiger partial charge < -0.3 is 10.2 Å². The Balaban J connectivity index is 3.15. The smallest absolute Gasteiger partial charge is 0.337 e. The van der Waals surface area contributed by atoms with Crippen LogP contribution in [0.3, 0.4) is 0 Å². The summed E-state index contributed by atoms with van der Waals surface area (Å²) in [4.78, 5) is 10.3. The lowest BCUT2D eigenvalue weighted by Gasteiger charge is -2.07. The van der Waals surface area contributed by atoms with Gasteiger partial charge in [-0.25, -0.2) is 9.18 Å². The maximum Gasteiger partial charge on any atom is 0.337 e. The minimum atomic E-state index is -1.88. The second-order valence-corrected chi connectivity index (χ2v) is 2.79. The van der Waals surface area contributed by atoms with Crippen molar-refractivity contribution in [2.24, 2.45) is 0 Å². The number of aliphatic carboxylic acids is 1. The van der Waals surface area contributed by atoms with Gasteiger partial charge in [-0.3, -0.25) is 0 Å². The van der Waals surface area contributed by atoms with Crippen LogP contribution in [-0.2, 0) is 4.79 Å². The van der Waals surface area contributed by atoms with E-state index in [-0.39, 0.29) is 10.6 Å². The highest BCUT2D eigenvalue weighted by Gasteiger charge is 2.20. The van der Waals surface area contributed by atoms with Gasteiger partial charge >= 0.3 is 5.97 Å². The Kier molecular flexibility index (Phi) is 2.85. The fourth-order valence-electron chi connectivity index (χ4n) is 0.865. The number of hydrogen-bond donors (Lipinski definition) is 2. The van der Waals surface area contributed by atoms with Gasteiger partial charge in [0.05, 0.1) is 5.02 Å². The van der Waals surface area contributed by atoms with Gasteiger partial charge in [0.15, 0.2) is 6.10 Å². The molecule has 1 atom stereocenters. The molecule has 1 aromatic rings. The summed E-state index contributed by atoms with van der Waals surface area (Å²) >= 11 is 5.38. The highest BCUT2D eigenvalue weighted by molar-refractivity contribution is 6.30. The van der Waals surface area contributed by atoms with Crippen LogP contribution in [0.1, 0.15) is 11.7 Å². The van der Waals surface area contributed by atoms with Gasteiger partial charge in [-0.2, -0.15) is 0 Å². The van der Waals surface area contributed by atoms with Gasteiger partial charge in [0.25, 0.3) is 0 Å².